The topological polar surface area (TPSA) is 83.5 Å². The van der Waals surface area contributed by atoms with Crippen LogP contribution in [0.2, 0.25) is 0 Å². The van der Waals surface area contributed by atoms with E-state index >= 15 is 0 Å². The average molecular weight is 286 g/mol. The van der Waals surface area contributed by atoms with Gasteiger partial charge in [-0.15, -0.1) is 12.4 Å². The third kappa shape index (κ3) is 3.27. The van der Waals surface area contributed by atoms with Crippen molar-refractivity contribution in [2.45, 2.75) is 19.1 Å². The molecule has 0 fully saturated rings. The van der Waals surface area contributed by atoms with Crippen molar-refractivity contribution in [2.75, 3.05) is 0 Å². The summed E-state index contributed by atoms with van der Waals surface area (Å²) in [6.45, 7) is 1.42. The van der Waals surface area contributed by atoms with Gasteiger partial charge in [0.1, 0.15) is 17.4 Å². The Morgan fingerprint density at radius 2 is 1.89 bits per heavy atom. The molecular weight excluding hydrogens is 275 g/mol. The van der Waals surface area contributed by atoms with Crippen LogP contribution in [0.3, 0.4) is 0 Å². The van der Waals surface area contributed by atoms with Crippen LogP contribution >= 0.6 is 12.4 Å². The van der Waals surface area contributed by atoms with E-state index in [9.17, 15) is 23.1 Å². The number of alkyl halides is 3. The van der Waals surface area contributed by atoms with E-state index in [0.29, 0.717) is 0 Å². The first-order valence-corrected chi connectivity index (χ1v) is 4.53. The number of hydrogen-bond donors (Lipinski definition) is 3. The Morgan fingerprint density at radius 1 is 1.39 bits per heavy atom. The molecule has 18 heavy (non-hydrogen) atoms. The van der Waals surface area contributed by atoms with Crippen molar-refractivity contribution in [3.63, 3.8) is 0 Å². The molecule has 8 heteroatoms. The molecule has 0 spiro atoms. The van der Waals surface area contributed by atoms with Gasteiger partial charge in [-0.1, -0.05) is 6.07 Å². The summed E-state index contributed by atoms with van der Waals surface area (Å²) >= 11 is 0. The molecule has 0 saturated heterocycles. The molecule has 4 N–H and O–H groups in total. The first-order chi connectivity index (χ1) is 7.64. The minimum absolute atomic E-state index is 0. The summed E-state index contributed by atoms with van der Waals surface area (Å²) in [4.78, 5) is 10.7. The molecule has 1 rings (SSSR count). The standard InChI is InChI=1S/C10H10F3NO3.ClH/c1-4-2-5(8(14)10(11,12)13)7(15)6(3-4)9(16)17;/h2-3,8,15H,14H2,1H3,(H,16,17);1H/t8-;/m0./s1. The van der Waals surface area contributed by atoms with Crippen LogP contribution in [0, 0.1) is 6.92 Å². The molecular formula is C10H11ClF3NO3. The van der Waals surface area contributed by atoms with E-state index in [-0.39, 0.29) is 18.0 Å². The second kappa shape index (κ2) is 5.45. The van der Waals surface area contributed by atoms with Gasteiger partial charge in [-0.25, -0.2) is 4.79 Å². The Morgan fingerprint density at radius 3 is 2.28 bits per heavy atom. The van der Waals surface area contributed by atoms with Gasteiger partial charge >= 0.3 is 12.1 Å². The van der Waals surface area contributed by atoms with Crippen molar-refractivity contribution in [3.05, 3.63) is 28.8 Å². The number of benzene rings is 1. The molecule has 1 aromatic carbocycles. The molecule has 0 heterocycles. The molecule has 0 aromatic heterocycles. The van der Waals surface area contributed by atoms with Gasteiger partial charge in [-0.2, -0.15) is 13.2 Å². The number of aromatic hydroxyl groups is 1. The first-order valence-electron chi connectivity index (χ1n) is 4.53. The predicted molar refractivity (Wildman–Crippen MR) is 60.0 cm³/mol. The molecule has 0 aliphatic rings. The zero-order valence-corrected chi connectivity index (χ0v) is 9.97. The van der Waals surface area contributed by atoms with Crippen molar-refractivity contribution >= 4 is 18.4 Å². The van der Waals surface area contributed by atoms with Gasteiger partial charge in [-0.05, 0) is 18.6 Å². The van der Waals surface area contributed by atoms with E-state index in [4.69, 9.17) is 10.8 Å². The predicted octanol–water partition coefficient (Wildman–Crippen LogP) is 2.38. The largest absolute Gasteiger partial charge is 0.507 e. The molecule has 0 amide bonds. The highest BCUT2D eigenvalue weighted by Gasteiger charge is 2.40. The summed E-state index contributed by atoms with van der Waals surface area (Å²) in [6.07, 6.45) is -4.75. The van der Waals surface area contributed by atoms with Gasteiger partial charge in [0.05, 0.1) is 0 Å². The molecule has 102 valence electrons. The summed E-state index contributed by atoms with van der Waals surface area (Å²) < 4.78 is 37.2. The van der Waals surface area contributed by atoms with E-state index in [1.807, 2.05) is 0 Å². The molecule has 0 aliphatic carbocycles. The Kier molecular flexibility index (Phi) is 5.00. The number of hydrogen-bond acceptors (Lipinski definition) is 3. The van der Waals surface area contributed by atoms with Crippen molar-refractivity contribution in [1.29, 1.82) is 0 Å². The van der Waals surface area contributed by atoms with Crippen LogP contribution in [0.1, 0.15) is 27.5 Å². The van der Waals surface area contributed by atoms with Crippen LogP contribution in [0.4, 0.5) is 13.2 Å². The fourth-order valence-corrected chi connectivity index (χ4v) is 1.38. The average Bonchev–Trinajstić information content (AvgIpc) is 2.18. The number of aryl methyl sites for hydroxylation is 1. The number of nitrogens with two attached hydrogens (primary N) is 1. The number of phenols is 1. The smallest absolute Gasteiger partial charge is 0.407 e. The van der Waals surface area contributed by atoms with Gasteiger partial charge in [0.25, 0.3) is 0 Å². The monoisotopic (exact) mass is 285 g/mol. The number of carboxylic acid groups (broad SMARTS) is 1. The Balaban J connectivity index is 0.00000289. The fourth-order valence-electron chi connectivity index (χ4n) is 1.38. The maximum Gasteiger partial charge on any atom is 0.407 e. The lowest BCUT2D eigenvalue weighted by Gasteiger charge is -2.18. The maximum atomic E-state index is 12.4. The molecule has 0 saturated carbocycles. The van der Waals surface area contributed by atoms with Gasteiger partial charge in [-0.3, -0.25) is 0 Å². The summed E-state index contributed by atoms with van der Waals surface area (Å²) in [6, 6.07) is -0.329. The second-order valence-electron chi connectivity index (χ2n) is 3.57. The molecule has 0 aliphatic heterocycles. The fraction of sp³-hybridized carbons (Fsp3) is 0.300. The highest BCUT2D eigenvalue weighted by atomic mass is 35.5. The molecule has 1 aromatic rings. The van der Waals surface area contributed by atoms with Crippen LogP contribution in [-0.2, 0) is 0 Å². The molecule has 0 radical (unpaired) electrons. The second-order valence-corrected chi connectivity index (χ2v) is 3.57. The normalized spacial score (nSPS) is 12.7. The lowest BCUT2D eigenvalue weighted by molar-refractivity contribution is -0.149. The SMILES string of the molecule is Cc1cc(C(=O)O)c(O)c([C@H](N)C(F)(F)F)c1.Cl. The van der Waals surface area contributed by atoms with Crippen LogP contribution < -0.4 is 5.73 Å². The molecule has 0 bridgehead atoms. The maximum absolute atomic E-state index is 12.4. The minimum atomic E-state index is -4.75. The van der Waals surface area contributed by atoms with E-state index in [2.05, 4.69) is 0 Å². The zero-order valence-electron chi connectivity index (χ0n) is 9.15. The number of rotatable bonds is 2. The Labute approximate surface area is 107 Å². The summed E-state index contributed by atoms with van der Waals surface area (Å²) in [5.74, 6) is -2.46. The van der Waals surface area contributed by atoms with Gasteiger partial charge in [0.2, 0.25) is 0 Å². The van der Waals surface area contributed by atoms with Crippen LogP contribution in [0.25, 0.3) is 0 Å². The van der Waals surface area contributed by atoms with Crippen molar-refractivity contribution < 1.29 is 28.2 Å². The quantitative estimate of drug-likeness (QED) is 0.779. The third-order valence-corrected chi connectivity index (χ3v) is 2.20. The van der Waals surface area contributed by atoms with E-state index < -0.39 is 35.1 Å². The van der Waals surface area contributed by atoms with Crippen LogP contribution in [0.15, 0.2) is 12.1 Å². The minimum Gasteiger partial charge on any atom is -0.507 e. The van der Waals surface area contributed by atoms with Gasteiger partial charge in [0.15, 0.2) is 0 Å². The molecule has 1 atom stereocenters. The van der Waals surface area contributed by atoms with E-state index in [1.165, 1.54) is 6.92 Å². The summed E-state index contributed by atoms with van der Waals surface area (Å²) in [5.41, 5.74) is 3.96. The van der Waals surface area contributed by atoms with Crippen molar-refractivity contribution in [2.24, 2.45) is 5.73 Å². The lowest BCUT2D eigenvalue weighted by Crippen LogP contribution is -2.28. The number of carboxylic acids is 1. The highest BCUT2D eigenvalue weighted by Crippen LogP contribution is 2.37. The molecule has 4 nitrogen and oxygen atoms in total. The molecule has 0 unspecified atom stereocenters. The van der Waals surface area contributed by atoms with Gasteiger partial charge < -0.3 is 15.9 Å². The van der Waals surface area contributed by atoms with E-state index in [0.717, 1.165) is 12.1 Å². The Hall–Kier alpha value is -1.47. The zero-order chi connectivity index (χ0) is 13.4. The number of carbonyl (C=O) groups is 1. The van der Waals surface area contributed by atoms with Crippen molar-refractivity contribution in [1.82, 2.24) is 0 Å². The van der Waals surface area contributed by atoms with Crippen LogP contribution in [0.5, 0.6) is 5.75 Å². The van der Waals surface area contributed by atoms with Crippen LogP contribution in [-0.4, -0.2) is 22.4 Å². The number of halogens is 4. The van der Waals surface area contributed by atoms with Crippen molar-refractivity contribution in [3.8, 4) is 5.75 Å². The first kappa shape index (κ1) is 16.5. The lowest BCUT2D eigenvalue weighted by atomic mass is 9.99. The summed E-state index contributed by atoms with van der Waals surface area (Å²) in [7, 11) is 0. The highest BCUT2D eigenvalue weighted by molar-refractivity contribution is 5.91. The van der Waals surface area contributed by atoms with Gasteiger partial charge in [0, 0.05) is 5.56 Å². The Bertz CT molecular complexity index is 462. The van der Waals surface area contributed by atoms with E-state index in [1.54, 1.807) is 0 Å². The number of aromatic carboxylic acids is 1. The third-order valence-electron chi connectivity index (χ3n) is 2.20. The summed E-state index contributed by atoms with van der Waals surface area (Å²) in [5, 5.41) is 18.2.